The predicted molar refractivity (Wildman–Crippen MR) is 82.9 cm³/mol. The number of carbonyl (C=O) groups excluding carboxylic acids is 1. The monoisotopic (exact) mass is 314 g/mol. The van der Waals surface area contributed by atoms with Gasteiger partial charge in [-0.25, -0.2) is 0 Å². The molecule has 1 aromatic rings. The maximum absolute atomic E-state index is 12.6. The van der Waals surface area contributed by atoms with Gasteiger partial charge in [0.05, 0.1) is 15.5 Å². The molecule has 0 heterocycles. The molecule has 20 heavy (non-hydrogen) atoms. The highest BCUT2D eigenvalue weighted by atomic mass is 35.5. The second-order valence-corrected chi connectivity index (χ2v) is 6.58. The van der Waals surface area contributed by atoms with Crippen LogP contribution in [-0.2, 0) is 11.3 Å². The number of hydrogen-bond acceptors (Lipinski definition) is 2. The molecule has 0 radical (unpaired) electrons. The third-order valence-corrected chi connectivity index (χ3v) is 5.16. The molecule has 0 aromatic heterocycles. The van der Waals surface area contributed by atoms with Crippen molar-refractivity contribution in [3.63, 3.8) is 0 Å². The van der Waals surface area contributed by atoms with Crippen LogP contribution in [-0.4, -0.2) is 23.9 Å². The van der Waals surface area contributed by atoms with E-state index in [0.29, 0.717) is 16.6 Å². The molecule has 5 heteroatoms. The summed E-state index contributed by atoms with van der Waals surface area (Å²) in [6.07, 6.45) is 2.77. The van der Waals surface area contributed by atoms with Gasteiger partial charge in [-0.3, -0.25) is 4.79 Å². The molecule has 1 aliphatic carbocycles. The number of benzene rings is 1. The molecule has 3 nitrogen and oxygen atoms in total. The molecule has 2 rings (SSSR count). The molecule has 0 aliphatic heterocycles. The van der Waals surface area contributed by atoms with Crippen LogP contribution in [0.2, 0.25) is 10.0 Å². The summed E-state index contributed by atoms with van der Waals surface area (Å²) in [6.45, 7) is 2.41. The van der Waals surface area contributed by atoms with E-state index in [-0.39, 0.29) is 11.9 Å². The zero-order valence-corrected chi connectivity index (χ0v) is 13.3. The molecule has 1 aromatic carbocycles. The van der Waals surface area contributed by atoms with Gasteiger partial charge < -0.3 is 10.6 Å². The van der Waals surface area contributed by atoms with Crippen LogP contribution in [0, 0.1) is 5.41 Å². The smallest absolute Gasteiger partial charge is 0.230 e. The Kier molecular flexibility index (Phi) is 4.62. The molecule has 0 spiro atoms. The van der Waals surface area contributed by atoms with Crippen LogP contribution in [0.1, 0.15) is 31.7 Å². The first-order chi connectivity index (χ1) is 9.36. The van der Waals surface area contributed by atoms with Gasteiger partial charge in [0.1, 0.15) is 0 Å². The second kappa shape index (κ2) is 5.92. The average molecular weight is 315 g/mol. The molecule has 1 fully saturated rings. The number of nitrogens with zero attached hydrogens (tertiary/aromatic N) is 1. The van der Waals surface area contributed by atoms with Crippen molar-refractivity contribution in [1.29, 1.82) is 0 Å². The van der Waals surface area contributed by atoms with Crippen LogP contribution in [0.3, 0.4) is 0 Å². The third kappa shape index (κ3) is 2.80. The molecular formula is C15H20Cl2N2O. The van der Waals surface area contributed by atoms with E-state index in [1.165, 1.54) is 0 Å². The Labute approximate surface area is 130 Å². The third-order valence-electron chi connectivity index (χ3n) is 4.30. The number of amides is 1. The van der Waals surface area contributed by atoms with E-state index in [4.69, 9.17) is 28.9 Å². The molecule has 0 saturated heterocycles. The van der Waals surface area contributed by atoms with Crippen LogP contribution in [0.25, 0.3) is 0 Å². The number of halogens is 2. The number of nitrogens with two attached hydrogens (primary N) is 1. The van der Waals surface area contributed by atoms with Crippen molar-refractivity contribution >= 4 is 29.1 Å². The first-order valence-corrected chi connectivity index (χ1v) is 7.56. The fourth-order valence-corrected chi connectivity index (χ4v) is 3.27. The summed E-state index contributed by atoms with van der Waals surface area (Å²) in [5, 5.41) is 1.02. The van der Waals surface area contributed by atoms with Gasteiger partial charge in [-0.2, -0.15) is 0 Å². The Morgan fingerprint density at radius 2 is 2.20 bits per heavy atom. The van der Waals surface area contributed by atoms with E-state index in [1.54, 1.807) is 18.0 Å². The topological polar surface area (TPSA) is 46.3 Å². The summed E-state index contributed by atoms with van der Waals surface area (Å²) in [6, 6.07) is 5.40. The first kappa shape index (κ1) is 15.6. The fraction of sp³-hybridized carbons (Fsp3) is 0.533. The highest BCUT2D eigenvalue weighted by Gasteiger charge is 2.44. The average Bonchev–Trinajstić information content (AvgIpc) is 2.75. The van der Waals surface area contributed by atoms with Gasteiger partial charge in [-0.1, -0.05) is 41.8 Å². The minimum atomic E-state index is -0.459. The van der Waals surface area contributed by atoms with Gasteiger partial charge in [0.2, 0.25) is 5.91 Å². The van der Waals surface area contributed by atoms with Gasteiger partial charge in [0.25, 0.3) is 0 Å². The van der Waals surface area contributed by atoms with E-state index in [9.17, 15) is 4.79 Å². The Balaban J connectivity index is 2.14. The van der Waals surface area contributed by atoms with Gasteiger partial charge in [-0.15, -0.1) is 0 Å². The molecule has 110 valence electrons. The van der Waals surface area contributed by atoms with Crippen LogP contribution in [0.4, 0.5) is 0 Å². The highest BCUT2D eigenvalue weighted by molar-refractivity contribution is 6.42. The Morgan fingerprint density at radius 3 is 2.80 bits per heavy atom. The lowest BCUT2D eigenvalue weighted by molar-refractivity contribution is -0.140. The van der Waals surface area contributed by atoms with E-state index in [2.05, 4.69) is 0 Å². The van der Waals surface area contributed by atoms with E-state index >= 15 is 0 Å². The van der Waals surface area contributed by atoms with Crippen molar-refractivity contribution < 1.29 is 4.79 Å². The Hall–Kier alpha value is -0.770. The molecule has 2 atom stereocenters. The lowest BCUT2D eigenvalue weighted by atomic mass is 9.83. The first-order valence-electron chi connectivity index (χ1n) is 6.80. The number of carbonyl (C=O) groups is 1. The summed E-state index contributed by atoms with van der Waals surface area (Å²) >= 11 is 12.2. The van der Waals surface area contributed by atoms with Gasteiger partial charge >= 0.3 is 0 Å². The van der Waals surface area contributed by atoms with Crippen molar-refractivity contribution in [2.24, 2.45) is 11.1 Å². The second-order valence-electron chi connectivity index (χ2n) is 5.79. The van der Waals surface area contributed by atoms with Crippen LogP contribution in [0.15, 0.2) is 18.2 Å². The summed E-state index contributed by atoms with van der Waals surface area (Å²) in [7, 11) is 1.79. The normalized spacial score (nSPS) is 25.8. The van der Waals surface area contributed by atoms with Crippen LogP contribution in [0.5, 0.6) is 0 Å². The summed E-state index contributed by atoms with van der Waals surface area (Å²) in [5.41, 5.74) is 6.50. The number of hydrogen-bond donors (Lipinski definition) is 1. The molecule has 2 N–H and O–H groups in total. The fourth-order valence-electron chi connectivity index (χ4n) is 2.89. The van der Waals surface area contributed by atoms with Crippen LogP contribution >= 0.6 is 23.2 Å². The Morgan fingerprint density at radius 1 is 1.50 bits per heavy atom. The van der Waals surface area contributed by atoms with E-state index in [1.807, 2.05) is 19.1 Å². The standard InChI is InChI=1S/C15H20Cl2N2O/c1-15(8-4-7-12(15)18)14(20)19(2)9-10-5-3-6-11(16)13(10)17/h3,5-6,12H,4,7-9,18H2,1-2H3. The zero-order valence-electron chi connectivity index (χ0n) is 11.8. The summed E-state index contributed by atoms with van der Waals surface area (Å²) in [5.74, 6) is 0.0820. The predicted octanol–water partition coefficient (Wildman–Crippen LogP) is 3.47. The van der Waals surface area contributed by atoms with Gasteiger partial charge in [-0.05, 0) is 31.4 Å². The van der Waals surface area contributed by atoms with Crippen molar-refractivity contribution in [1.82, 2.24) is 4.90 Å². The quantitative estimate of drug-likeness (QED) is 0.928. The minimum absolute atomic E-state index is 0.0627. The van der Waals surface area contributed by atoms with Crippen molar-refractivity contribution in [2.45, 2.75) is 38.8 Å². The molecule has 1 saturated carbocycles. The number of rotatable bonds is 3. The molecule has 1 aliphatic rings. The van der Waals surface area contributed by atoms with Gasteiger partial charge in [0, 0.05) is 19.6 Å². The molecule has 0 bridgehead atoms. The lowest BCUT2D eigenvalue weighted by Gasteiger charge is -2.32. The van der Waals surface area contributed by atoms with E-state index in [0.717, 1.165) is 24.8 Å². The maximum Gasteiger partial charge on any atom is 0.230 e. The van der Waals surface area contributed by atoms with Crippen molar-refractivity contribution in [2.75, 3.05) is 7.05 Å². The summed E-state index contributed by atoms with van der Waals surface area (Å²) < 4.78 is 0. The zero-order chi connectivity index (χ0) is 14.9. The molecule has 1 amide bonds. The SMILES string of the molecule is CN(Cc1cccc(Cl)c1Cl)C(=O)C1(C)CCCC1N. The van der Waals surface area contributed by atoms with Gasteiger partial charge in [0.15, 0.2) is 0 Å². The molecule has 2 unspecified atom stereocenters. The van der Waals surface area contributed by atoms with Crippen molar-refractivity contribution in [3.8, 4) is 0 Å². The van der Waals surface area contributed by atoms with Crippen molar-refractivity contribution in [3.05, 3.63) is 33.8 Å². The highest BCUT2D eigenvalue weighted by Crippen LogP contribution is 2.38. The Bertz CT molecular complexity index is 521. The molecular weight excluding hydrogens is 295 g/mol. The maximum atomic E-state index is 12.6. The summed E-state index contributed by atoms with van der Waals surface area (Å²) in [4.78, 5) is 14.3. The lowest BCUT2D eigenvalue weighted by Crippen LogP contribution is -2.47. The minimum Gasteiger partial charge on any atom is -0.341 e. The van der Waals surface area contributed by atoms with Crippen LogP contribution < -0.4 is 5.73 Å². The largest absolute Gasteiger partial charge is 0.341 e. The van der Waals surface area contributed by atoms with E-state index < -0.39 is 5.41 Å².